The average Bonchev–Trinajstić information content (AvgIpc) is 2.34. The van der Waals surface area contributed by atoms with Crippen LogP contribution in [0.5, 0.6) is 5.75 Å². The van der Waals surface area contributed by atoms with E-state index in [2.05, 4.69) is 57.2 Å². The fourth-order valence-corrected chi connectivity index (χ4v) is 6.71. The zero-order valence-corrected chi connectivity index (χ0v) is 15.3. The van der Waals surface area contributed by atoms with Gasteiger partial charge in [-0.05, 0) is 0 Å². The van der Waals surface area contributed by atoms with Gasteiger partial charge in [-0.25, -0.2) is 0 Å². The van der Waals surface area contributed by atoms with Gasteiger partial charge in [-0.1, -0.05) is 0 Å². The van der Waals surface area contributed by atoms with Crippen LogP contribution in [0, 0.1) is 20.8 Å². The summed E-state index contributed by atoms with van der Waals surface area (Å²) in [5.74, 6) is 0.944. The number of hydrogen-bond acceptors (Lipinski definition) is 1. The van der Waals surface area contributed by atoms with Crippen LogP contribution in [0.1, 0.15) is 16.7 Å². The molecule has 92 valence electrons. The Bertz CT molecular complexity index is 521. The van der Waals surface area contributed by atoms with Crippen molar-refractivity contribution in [3.8, 4) is 5.75 Å². The molecule has 0 amide bonds. The Morgan fingerprint density at radius 1 is 0.889 bits per heavy atom. The summed E-state index contributed by atoms with van der Waals surface area (Å²) in [6.07, 6.45) is 0. The van der Waals surface area contributed by atoms with E-state index < -0.39 is 24.2 Å². The van der Waals surface area contributed by atoms with Gasteiger partial charge in [0.1, 0.15) is 0 Å². The van der Waals surface area contributed by atoms with Crippen molar-refractivity contribution in [3.63, 3.8) is 0 Å². The van der Waals surface area contributed by atoms with Crippen LogP contribution in [0.3, 0.4) is 0 Å². The van der Waals surface area contributed by atoms with E-state index in [4.69, 9.17) is 4.74 Å². The van der Waals surface area contributed by atoms with Crippen LogP contribution < -0.4 is 11.0 Å². The summed E-state index contributed by atoms with van der Waals surface area (Å²) in [6.45, 7) is 6.66. The first-order valence-corrected chi connectivity index (χ1v) is 9.98. The Hall–Kier alpha value is -0.838. The summed E-state index contributed by atoms with van der Waals surface area (Å²) in [4.78, 5) is 0. The molecule has 0 saturated heterocycles. The molecule has 2 heteroatoms. The van der Waals surface area contributed by atoms with Crippen LogP contribution in [-0.2, 0) is 0 Å². The molecular formula is C16H18OPb. The van der Waals surface area contributed by atoms with Crippen molar-refractivity contribution in [1.29, 1.82) is 0 Å². The minimum absolute atomic E-state index is 0.937. The second kappa shape index (κ2) is 5.87. The Balaban J connectivity index is 2.28. The van der Waals surface area contributed by atoms with Crippen LogP contribution in [0.2, 0.25) is 0 Å². The van der Waals surface area contributed by atoms with Crippen molar-refractivity contribution in [2.24, 2.45) is 0 Å². The normalized spacial score (nSPS) is 10.4. The fraction of sp³-hybridized carbons (Fsp3) is 0.250. The summed E-state index contributed by atoms with van der Waals surface area (Å²) in [5.41, 5.74) is 4.30. The molecule has 0 atom stereocenters. The van der Waals surface area contributed by atoms with Crippen LogP contribution in [-0.4, -0.2) is 31.3 Å². The Kier molecular flexibility index (Phi) is 4.43. The van der Waals surface area contributed by atoms with Crippen molar-refractivity contribution in [2.45, 2.75) is 20.8 Å². The van der Waals surface area contributed by atoms with Gasteiger partial charge in [0.05, 0.1) is 0 Å². The second-order valence-corrected chi connectivity index (χ2v) is 9.79. The summed E-state index contributed by atoms with van der Waals surface area (Å²) < 4.78 is 8.35. The van der Waals surface area contributed by atoms with E-state index in [0.717, 1.165) is 5.75 Å². The number of methoxy groups -OCH3 is 1. The molecule has 0 aliphatic rings. The number of benzene rings is 2. The zero-order chi connectivity index (χ0) is 13.1. The average molecular weight is 434 g/mol. The first-order valence-electron chi connectivity index (χ1n) is 6.09. The third-order valence-corrected chi connectivity index (χ3v) is 9.49. The van der Waals surface area contributed by atoms with Gasteiger partial charge in [0.25, 0.3) is 0 Å². The first kappa shape index (κ1) is 13.6. The van der Waals surface area contributed by atoms with E-state index in [-0.39, 0.29) is 0 Å². The molecule has 1 nitrogen and oxygen atoms in total. The van der Waals surface area contributed by atoms with Crippen molar-refractivity contribution in [1.82, 2.24) is 0 Å². The van der Waals surface area contributed by atoms with Gasteiger partial charge in [0.15, 0.2) is 0 Å². The molecule has 0 heterocycles. The maximum absolute atomic E-state index is 5.20. The number of rotatable bonds is 3. The molecule has 0 aliphatic heterocycles. The number of aryl methyl sites for hydroxylation is 3. The molecule has 0 spiro atoms. The maximum atomic E-state index is 5.20. The number of hydrogen-bond donors (Lipinski definition) is 0. The van der Waals surface area contributed by atoms with E-state index in [1.54, 1.807) is 10.2 Å². The van der Waals surface area contributed by atoms with Crippen molar-refractivity contribution < 1.29 is 4.74 Å². The molecule has 0 N–H and O–H groups in total. The summed E-state index contributed by atoms with van der Waals surface area (Å²) in [6, 6.07) is 13.2. The molecule has 2 radical (unpaired) electrons. The number of ether oxygens (including phenoxy) is 1. The molecule has 0 bridgehead atoms. The molecule has 2 aromatic rings. The van der Waals surface area contributed by atoms with Crippen molar-refractivity contribution in [3.05, 3.63) is 53.1 Å². The van der Waals surface area contributed by atoms with Crippen molar-refractivity contribution in [2.75, 3.05) is 7.11 Å². The monoisotopic (exact) mass is 434 g/mol. The summed E-state index contributed by atoms with van der Waals surface area (Å²) >= 11 is -0.937. The van der Waals surface area contributed by atoms with E-state index in [9.17, 15) is 0 Å². The van der Waals surface area contributed by atoms with E-state index in [0.29, 0.717) is 0 Å². The van der Waals surface area contributed by atoms with Gasteiger partial charge in [-0.2, -0.15) is 0 Å². The van der Waals surface area contributed by atoms with Gasteiger partial charge in [-0.3, -0.25) is 0 Å². The molecule has 0 aromatic heterocycles. The van der Waals surface area contributed by atoms with Crippen LogP contribution >= 0.6 is 0 Å². The minimum atomic E-state index is -0.937. The fourth-order valence-electron chi connectivity index (χ4n) is 2.20. The molecular weight excluding hydrogens is 415 g/mol. The van der Waals surface area contributed by atoms with Crippen LogP contribution in [0.15, 0.2) is 36.4 Å². The van der Waals surface area contributed by atoms with Gasteiger partial charge < -0.3 is 0 Å². The predicted molar refractivity (Wildman–Crippen MR) is 78.7 cm³/mol. The third-order valence-electron chi connectivity index (χ3n) is 3.04. The van der Waals surface area contributed by atoms with Crippen LogP contribution in [0.25, 0.3) is 0 Å². The van der Waals surface area contributed by atoms with E-state index >= 15 is 0 Å². The summed E-state index contributed by atoms with van der Waals surface area (Å²) in [5, 5.41) is 0. The predicted octanol–water partition coefficient (Wildman–Crippen LogP) is 2.28. The first-order chi connectivity index (χ1) is 8.60. The topological polar surface area (TPSA) is 9.23 Å². The third kappa shape index (κ3) is 3.13. The molecule has 2 rings (SSSR count). The second-order valence-electron chi connectivity index (χ2n) is 4.63. The molecule has 0 aliphatic carbocycles. The Morgan fingerprint density at radius 3 is 1.94 bits per heavy atom. The standard InChI is InChI=1S/C9H11.C7H7O.Pb/c1-7-4-8(2)6-9(3)5-7;1-8-7-5-3-2-4-6-7;/h4-5H,1-3H3;3-6H,1H3;. The molecule has 0 unspecified atom stereocenters. The summed E-state index contributed by atoms with van der Waals surface area (Å²) in [7, 11) is 1.71. The SMILES string of the molecule is COc1cc[c]([Pb][c]2c(C)cc(C)cc2C)cc1. The van der Waals surface area contributed by atoms with Crippen LogP contribution in [0.4, 0.5) is 0 Å². The molecule has 0 fully saturated rings. The van der Waals surface area contributed by atoms with Crippen molar-refractivity contribution >= 4 is 30.5 Å². The van der Waals surface area contributed by atoms with Gasteiger partial charge in [0, 0.05) is 0 Å². The Morgan fingerprint density at radius 2 is 1.44 bits per heavy atom. The quantitative estimate of drug-likeness (QED) is 0.675. The molecule has 2 aromatic carbocycles. The van der Waals surface area contributed by atoms with Gasteiger partial charge in [0.2, 0.25) is 0 Å². The zero-order valence-electron chi connectivity index (χ0n) is 11.4. The van der Waals surface area contributed by atoms with E-state index in [1.807, 2.05) is 0 Å². The molecule has 0 saturated carbocycles. The molecule has 18 heavy (non-hydrogen) atoms. The van der Waals surface area contributed by atoms with Gasteiger partial charge in [-0.15, -0.1) is 0 Å². The van der Waals surface area contributed by atoms with E-state index in [1.165, 1.54) is 19.8 Å². The Labute approximate surface area is 121 Å². The van der Waals surface area contributed by atoms with Gasteiger partial charge >= 0.3 is 122 Å².